The third-order valence-corrected chi connectivity index (χ3v) is 3.34. The van der Waals surface area contributed by atoms with Crippen molar-refractivity contribution in [3.63, 3.8) is 0 Å². The zero-order valence-electron chi connectivity index (χ0n) is 10.8. The highest BCUT2D eigenvalue weighted by Gasteiger charge is 2.31. The summed E-state index contributed by atoms with van der Waals surface area (Å²) >= 11 is 1.10. The van der Waals surface area contributed by atoms with Crippen molar-refractivity contribution < 1.29 is 27.4 Å². The molecule has 0 atom stereocenters. The van der Waals surface area contributed by atoms with Gasteiger partial charge in [-0.2, -0.15) is 0 Å². The van der Waals surface area contributed by atoms with Gasteiger partial charge in [-0.25, -0.2) is 9.78 Å². The maximum atomic E-state index is 12.0. The SMILES string of the molecule is CCOC(=O)c1cnc(-c2ccc(OC(F)(F)F)cc2)s1. The highest BCUT2D eigenvalue weighted by Crippen LogP contribution is 2.29. The second-order valence-corrected chi connectivity index (χ2v) is 4.85. The number of carbonyl (C=O) groups excluding carboxylic acids is 1. The fourth-order valence-corrected chi connectivity index (χ4v) is 2.32. The van der Waals surface area contributed by atoms with Gasteiger partial charge in [-0.3, -0.25) is 0 Å². The summed E-state index contributed by atoms with van der Waals surface area (Å²) in [5.74, 6) is -0.785. The number of esters is 1. The molecular formula is C13H10F3NO3S. The van der Waals surface area contributed by atoms with E-state index in [1.165, 1.54) is 30.5 Å². The third-order valence-electron chi connectivity index (χ3n) is 2.32. The molecule has 0 fully saturated rings. The van der Waals surface area contributed by atoms with Crippen LogP contribution in [0, 0.1) is 0 Å². The van der Waals surface area contributed by atoms with Crippen molar-refractivity contribution in [2.24, 2.45) is 0 Å². The van der Waals surface area contributed by atoms with Crippen molar-refractivity contribution in [2.75, 3.05) is 6.61 Å². The van der Waals surface area contributed by atoms with Crippen LogP contribution < -0.4 is 4.74 Å². The third kappa shape index (κ3) is 4.19. The molecule has 0 amide bonds. The lowest BCUT2D eigenvalue weighted by Crippen LogP contribution is -2.16. The number of hydrogen-bond acceptors (Lipinski definition) is 5. The standard InChI is InChI=1S/C13H10F3NO3S/c1-2-19-12(18)10-7-17-11(21-10)8-3-5-9(6-4-8)20-13(14,15)16/h3-7H,2H2,1H3. The fourth-order valence-electron chi connectivity index (χ4n) is 1.50. The van der Waals surface area contributed by atoms with Crippen molar-refractivity contribution in [3.05, 3.63) is 35.3 Å². The van der Waals surface area contributed by atoms with Crippen LogP contribution in [0.4, 0.5) is 13.2 Å². The summed E-state index contributed by atoms with van der Waals surface area (Å²) in [5.41, 5.74) is 0.588. The van der Waals surface area contributed by atoms with E-state index in [1.54, 1.807) is 6.92 Å². The number of aromatic nitrogens is 1. The van der Waals surface area contributed by atoms with Crippen LogP contribution in [0.2, 0.25) is 0 Å². The lowest BCUT2D eigenvalue weighted by atomic mass is 10.2. The lowest BCUT2D eigenvalue weighted by Gasteiger charge is -2.08. The number of alkyl halides is 3. The van der Waals surface area contributed by atoms with E-state index in [2.05, 4.69) is 9.72 Å². The molecule has 0 bridgehead atoms. The summed E-state index contributed by atoms with van der Waals surface area (Å²) < 4.78 is 44.8. The molecule has 0 radical (unpaired) electrons. The van der Waals surface area contributed by atoms with Crippen LogP contribution in [0.15, 0.2) is 30.5 Å². The van der Waals surface area contributed by atoms with Crippen LogP contribution in [0.1, 0.15) is 16.6 Å². The van der Waals surface area contributed by atoms with Crippen LogP contribution in [0.3, 0.4) is 0 Å². The quantitative estimate of drug-likeness (QED) is 0.803. The molecule has 0 unspecified atom stereocenters. The highest BCUT2D eigenvalue weighted by molar-refractivity contribution is 7.16. The van der Waals surface area contributed by atoms with E-state index in [4.69, 9.17) is 4.74 Å². The lowest BCUT2D eigenvalue weighted by molar-refractivity contribution is -0.274. The van der Waals surface area contributed by atoms with Gasteiger partial charge >= 0.3 is 12.3 Å². The number of thiazole rings is 1. The Morgan fingerprint density at radius 2 is 1.95 bits per heavy atom. The van der Waals surface area contributed by atoms with Crippen LogP contribution in [0.25, 0.3) is 10.6 Å². The predicted molar refractivity (Wildman–Crippen MR) is 70.2 cm³/mol. The van der Waals surface area contributed by atoms with Gasteiger partial charge in [0.05, 0.1) is 12.8 Å². The summed E-state index contributed by atoms with van der Waals surface area (Å²) in [7, 11) is 0. The molecule has 1 aromatic carbocycles. The van der Waals surface area contributed by atoms with E-state index in [1.807, 2.05) is 0 Å². The average Bonchev–Trinajstić information content (AvgIpc) is 2.87. The minimum atomic E-state index is -4.72. The van der Waals surface area contributed by atoms with Gasteiger partial charge in [0.1, 0.15) is 15.6 Å². The number of hydrogen-bond donors (Lipinski definition) is 0. The zero-order chi connectivity index (χ0) is 15.5. The first-order chi connectivity index (χ1) is 9.89. The van der Waals surface area contributed by atoms with E-state index in [-0.39, 0.29) is 12.4 Å². The Labute approximate surface area is 122 Å². The van der Waals surface area contributed by atoms with Crippen molar-refractivity contribution in [3.8, 4) is 16.3 Å². The number of halogens is 3. The van der Waals surface area contributed by atoms with Crippen LogP contribution in [-0.2, 0) is 4.74 Å². The highest BCUT2D eigenvalue weighted by atomic mass is 32.1. The fraction of sp³-hybridized carbons (Fsp3) is 0.231. The Kier molecular flexibility index (Phi) is 4.46. The molecule has 1 heterocycles. The molecule has 2 rings (SSSR count). The maximum absolute atomic E-state index is 12.0. The average molecular weight is 317 g/mol. The Hall–Kier alpha value is -2.09. The van der Waals surface area contributed by atoms with Gasteiger partial charge in [0, 0.05) is 5.56 Å². The molecule has 0 N–H and O–H groups in total. The molecule has 0 aliphatic rings. The number of carbonyl (C=O) groups is 1. The molecule has 4 nitrogen and oxygen atoms in total. The number of nitrogens with zero attached hydrogens (tertiary/aromatic N) is 1. The Morgan fingerprint density at radius 3 is 2.52 bits per heavy atom. The molecule has 2 aromatic rings. The van der Waals surface area contributed by atoms with Crippen LogP contribution in [-0.4, -0.2) is 23.9 Å². The van der Waals surface area contributed by atoms with E-state index < -0.39 is 12.3 Å². The summed E-state index contributed by atoms with van der Waals surface area (Å²) in [6.45, 7) is 1.95. The van der Waals surface area contributed by atoms with Gasteiger partial charge in [-0.1, -0.05) is 0 Å². The molecule has 0 saturated heterocycles. The summed E-state index contributed by atoms with van der Waals surface area (Å²) in [5, 5.41) is 0.511. The molecule has 0 spiro atoms. The van der Waals surface area contributed by atoms with Gasteiger partial charge < -0.3 is 9.47 Å². The molecule has 0 aliphatic carbocycles. The van der Waals surface area contributed by atoms with Crippen LogP contribution in [0.5, 0.6) is 5.75 Å². The summed E-state index contributed by atoms with van der Waals surface area (Å²) in [6.07, 6.45) is -3.35. The molecule has 1 aromatic heterocycles. The molecular weight excluding hydrogens is 307 g/mol. The van der Waals surface area contributed by atoms with Crippen molar-refractivity contribution >= 4 is 17.3 Å². The van der Waals surface area contributed by atoms with Gasteiger partial charge in [-0.05, 0) is 31.2 Å². The van der Waals surface area contributed by atoms with E-state index in [0.717, 1.165) is 11.3 Å². The maximum Gasteiger partial charge on any atom is 0.573 e. The molecule has 0 aliphatic heterocycles. The molecule has 112 valence electrons. The van der Waals surface area contributed by atoms with Crippen molar-refractivity contribution in [1.82, 2.24) is 4.98 Å². The van der Waals surface area contributed by atoms with Gasteiger partial charge in [-0.15, -0.1) is 24.5 Å². The summed E-state index contributed by atoms with van der Waals surface area (Å²) in [6, 6.07) is 5.26. The predicted octanol–water partition coefficient (Wildman–Crippen LogP) is 3.89. The first-order valence-electron chi connectivity index (χ1n) is 5.88. The van der Waals surface area contributed by atoms with Gasteiger partial charge in [0.15, 0.2) is 0 Å². The zero-order valence-corrected chi connectivity index (χ0v) is 11.6. The van der Waals surface area contributed by atoms with Gasteiger partial charge in [0.25, 0.3) is 0 Å². The molecule has 8 heteroatoms. The molecule has 0 saturated carbocycles. The van der Waals surface area contributed by atoms with Gasteiger partial charge in [0.2, 0.25) is 0 Å². The number of rotatable bonds is 4. The molecule has 21 heavy (non-hydrogen) atoms. The Balaban J connectivity index is 2.14. The summed E-state index contributed by atoms with van der Waals surface area (Å²) in [4.78, 5) is 15.9. The monoisotopic (exact) mass is 317 g/mol. The van der Waals surface area contributed by atoms with E-state index >= 15 is 0 Å². The van der Waals surface area contributed by atoms with E-state index in [9.17, 15) is 18.0 Å². The van der Waals surface area contributed by atoms with Crippen molar-refractivity contribution in [2.45, 2.75) is 13.3 Å². The normalized spacial score (nSPS) is 11.2. The Bertz CT molecular complexity index is 622. The largest absolute Gasteiger partial charge is 0.573 e. The second-order valence-electron chi connectivity index (χ2n) is 3.82. The van der Waals surface area contributed by atoms with Crippen molar-refractivity contribution in [1.29, 1.82) is 0 Å². The smallest absolute Gasteiger partial charge is 0.462 e. The minimum absolute atomic E-state index is 0.259. The van der Waals surface area contributed by atoms with E-state index in [0.29, 0.717) is 15.4 Å². The number of benzene rings is 1. The first kappa shape index (κ1) is 15.3. The first-order valence-corrected chi connectivity index (χ1v) is 6.70. The second kappa shape index (κ2) is 6.13. The topological polar surface area (TPSA) is 48.4 Å². The Morgan fingerprint density at radius 1 is 1.29 bits per heavy atom. The van der Waals surface area contributed by atoms with Crippen LogP contribution >= 0.6 is 11.3 Å². The minimum Gasteiger partial charge on any atom is -0.462 e. The number of ether oxygens (including phenoxy) is 2.